The molecular formula is C67H104O25S5. The van der Waals surface area contributed by atoms with Crippen LogP contribution in [0.25, 0.3) is 0 Å². The number of carbonyl (C=O) groups excluding carboxylic acids is 5. The first-order valence-electron chi connectivity index (χ1n) is 35.3. The lowest BCUT2D eigenvalue weighted by molar-refractivity contribution is -0.167. The monoisotopic (exact) mass is 1470 g/mol. The maximum atomic E-state index is 12.2. The molecule has 0 amide bonds. The number of hydrogen-bond acceptors (Lipinski definition) is 25. The molecule has 0 radical (unpaired) electrons. The number of esters is 5. The lowest BCUT2D eigenvalue weighted by atomic mass is 9.81. The molecule has 5 aliphatic heterocycles. The Bertz CT molecular complexity index is 3720. The minimum Gasteiger partial charge on any atom is -0.460 e. The van der Waals surface area contributed by atoms with Gasteiger partial charge in [0.2, 0.25) is 0 Å². The maximum Gasteiger partial charge on any atom is 0.311 e. The Morgan fingerprint density at radius 2 is 0.969 bits per heavy atom. The second kappa shape index (κ2) is 25.1. The molecule has 15 fully saturated rings. The lowest BCUT2D eigenvalue weighted by Crippen LogP contribution is -2.47. The fourth-order valence-electron chi connectivity index (χ4n) is 19.5. The van der Waals surface area contributed by atoms with Gasteiger partial charge in [0.1, 0.15) is 58.8 Å². The van der Waals surface area contributed by atoms with E-state index < -0.39 is 131 Å². The molecule has 0 aromatic rings. The van der Waals surface area contributed by atoms with Crippen LogP contribution in [-0.4, -0.2) is 158 Å². The van der Waals surface area contributed by atoms with E-state index in [-0.39, 0.29) is 128 Å². The zero-order valence-electron chi connectivity index (χ0n) is 59.1. The third-order valence-corrected chi connectivity index (χ3v) is 35.6. The van der Waals surface area contributed by atoms with Crippen LogP contribution >= 0.6 is 0 Å². The molecule has 28 atom stereocenters. The lowest BCUT2D eigenvalue weighted by Gasteiger charge is -2.34. The molecule has 0 aromatic heterocycles. The van der Waals surface area contributed by atoms with Gasteiger partial charge in [-0.1, -0.05) is 76.2 Å². The summed E-state index contributed by atoms with van der Waals surface area (Å²) in [5, 5.41) is -2.48. The summed E-state index contributed by atoms with van der Waals surface area (Å²) in [6.45, 7) is 32.2. The average Bonchev–Trinajstić information content (AvgIpc) is 1.53. The first kappa shape index (κ1) is 75.1. The molecule has 5 saturated heterocycles. The standard InChI is InChI=1S/2C14H22O5S.3C13H20O5S/c1-5-13(2,3)12(15)18-10-8-6-9-11(10)20(16,17)19-14(9,4)7-8;1-5-7(2)13(15)18-11-8-6-9-10(14(8,3)4)12(11)19-20(9,16)17;1-4-13(2,3)12(14)17-10-7-5-8-9(6-7)18-19(15,16)11(8)10;1-4-7(2)12(14)17-11-10-8-5-13(11,3)6-9(8)19(15,16)18-10;1-4-7(2)12(14)17-11-8-5-9-10(6-8)19(15,16)18-13(9,11)3/h8-11H,5-7H2,1-4H3;7-12H,5-6H2,1-4H3;3*7-11H,4-6H2,1-3H3. The van der Waals surface area contributed by atoms with Crippen LogP contribution in [0, 0.1) is 92.7 Å². The molecule has 15 rings (SSSR count). The van der Waals surface area contributed by atoms with Gasteiger partial charge in [-0.25, -0.2) is 0 Å². The molecule has 0 N–H and O–H groups in total. The summed E-state index contributed by atoms with van der Waals surface area (Å²) in [4.78, 5) is 60.3. The normalized spacial score (nSPS) is 45.3. The molecule has 0 spiro atoms. The van der Waals surface area contributed by atoms with Crippen molar-refractivity contribution in [3.63, 3.8) is 0 Å². The molecule has 15 aliphatic rings. The number of fused-ring (bicyclic) bond motifs is 5. The highest BCUT2D eigenvalue weighted by molar-refractivity contribution is 7.88. The van der Waals surface area contributed by atoms with Crippen LogP contribution in [0.1, 0.15) is 208 Å². The van der Waals surface area contributed by atoms with E-state index in [9.17, 15) is 66.1 Å². The molecule has 28 unspecified atom stereocenters. The number of ether oxygens (including phenoxy) is 5. The molecule has 10 aliphatic carbocycles. The van der Waals surface area contributed by atoms with Gasteiger partial charge in [0.05, 0.1) is 56.0 Å². The fourth-order valence-corrected chi connectivity index (χ4v) is 29.8. The summed E-state index contributed by atoms with van der Waals surface area (Å²) < 4.78 is 174. The van der Waals surface area contributed by atoms with E-state index in [2.05, 4.69) is 13.8 Å². The highest BCUT2D eigenvalue weighted by Gasteiger charge is 2.76. The van der Waals surface area contributed by atoms with Crippen molar-refractivity contribution in [2.75, 3.05) is 0 Å². The van der Waals surface area contributed by atoms with Gasteiger partial charge in [-0.3, -0.25) is 44.9 Å². The van der Waals surface area contributed by atoms with Gasteiger partial charge in [-0.15, -0.1) is 0 Å². The van der Waals surface area contributed by atoms with Crippen molar-refractivity contribution < 1.29 is 111 Å². The molecule has 552 valence electrons. The summed E-state index contributed by atoms with van der Waals surface area (Å²) in [5.74, 6) is -1.41. The van der Waals surface area contributed by atoms with Gasteiger partial charge in [0.25, 0.3) is 50.6 Å². The Morgan fingerprint density at radius 3 is 1.53 bits per heavy atom. The minimum atomic E-state index is -3.61. The highest BCUT2D eigenvalue weighted by atomic mass is 32.2. The van der Waals surface area contributed by atoms with E-state index in [1.165, 1.54) is 0 Å². The topological polar surface area (TPSA) is 348 Å². The second-order valence-corrected chi connectivity index (χ2v) is 42.4. The Hall–Kier alpha value is -3.10. The SMILES string of the molecule is CCC(C)(C)C(=O)OC1C2CC3C1S(=O)(=O)OC3(C)C2.CCC(C)(C)C(=O)OC1C2CC3OS(=O)(=O)C1C3C2.CCC(C)C(=O)OC1C2CC3C(C2)S(=O)(=O)OC31C.CCC(C)C(=O)OC1C2OS(=O)(=O)C3CC1(C)CC23.CCC(C)C(=O)OC1C2OS(=O)(=O)C3CC1C(C)(C)C23. The van der Waals surface area contributed by atoms with Gasteiger partial charge in [-0.2, -0.15) is 42.1 Å². The van der Waals surface area contributed by atoms with Gasteiger partial charge >= 0.3 is 29.8 Å². The van der Waals surface area contributed by atoms with Gasteiger partial charge in [0.15, 0.2) is 0 Å². The zero-order valence-corrected chi connectivity index (χ0v) is 63.2. The third kappa shape index (κ3) is 12.4. The number of carbonyl (C=O) groups is 5. The number of hydrogen-bond donors (Lipinski definition) is 0. The summed E-state index contributed by atoms with van der Waals surface area (Å²) in [5.41, 5.74) is -2.95. The fraction of sp³-hybridized carbons (Fsp3) is 0.925. The van der Waals surface area contributed by atoms with Crippen LogP contribution in [0.3, 0.4) is 0 Å². The first-order chi connectivity index (χ1) is 44.6. The molecule has 10 bridgehead atoms. The molecule has 25 nitrogen and oxygen atoms in total. The molecule has 30 heteroatoms. The van der Waals surface area contributed by atoms with Gasteiger partial charge in [0, 0.05) is 58.7 Å². The first-order valence-corrected chi connectivity index (χ1v) is 42.7. The van der Waals surface area contributed by atoms with Crippen molar-refractivity contribution >= 4 is 80.4 Å². The molecule has 0 aromatic carbocycles. The largest absolute Gasteiger partial charge is 0.460 e. The summed E-state index contributed by atoms with van der Waals surface area (Å²) >= 11 is 0. The Labute approximate surface area is 574 Å². The van der Waals surface area contributed by atoms with Gasteiger partial charge in [-0.05, 0) is 137 Å². The second-order valence-electron chi connectivity index (χ2n) is 33.6. The highest BCUT2D eigenvalue weighted by Crippen LogP contribution is 2.67. The van der Waals surface area contributed by atoms with Crippen LogP contribution in [0.5, 0.6) is 0 Å². The van der Waals surface area contributed by atoms with Crippen LogP contribution in [-0.2, 0) is 119 Å². The maximum absolute atomic E-state index is 12.2. The van der Waals surface area contributed by atoms with Crippen LogP contribution in [0.4, 0.5) is 0 Å². The average molecular weight is 1470 g/mol. The van der Waals surface area contributed by atoms with E-state index >= 15 is 0 Å². The molecule has 5 heterocycles. The van der Waals surface area contributed by atoms with Crippen molar-refractivity contribution in [2.24, 2.45) is 92.7 Å². The van der Waals surface area contributed by atoms with Crippen LogP contribution < -0.4 is 0 Å². The van der Waals surface area contributed by atoms with Crippen molar-refractivity contribution in [1.29, 1.82) is 0 Å². The Kier molecular flexibility index (Phi) is 19.4. The summed E-state index contributed by atoms with van der Waals surface area (Å²) in [6.07, 6.45) is 6.31. The van der Waals surface area contributed by atoms with E-state index in [0.29, 0.717) is 44.9 Å². The van der Waals surface area contributed by atoms with Crippen molar-refractivity contribution in [2.45, 2.75) is 294 Å². The Balaban J connectivity index is 0.000000123. The predicted molar refractivity (Wildman–Crippen MR) is 348 cm³/mol. The molecule has 97 heavy (non-hydrogen) atoms. The van der Waals surface area contributed by atoms with E-state index in [0.717, 1.165) is 44.9 Å². The van der Waals surface area contributed by atoms with Crippen molar-refractivity contribution in [3.05, 3.63) is 0 Å². The van der Waals surface area contributed by atoms with E-state index in [4.69, 9.17) is 44.6 Å². The summed E-state index contributed by atoms with van der Waals surface area (Å²) in [6, 6.07) is 0. The summed E-state index contributed by atoms with van der Waals surface area (Å²) in [7, 11) is -17.6. The third-order valence-electron chi connectivity index (χ3n) is 26.6. The van der Waals surface area contributed by atoms with Crippen molar-refractivity contribution in [1.82, 2.24) is 0 Å². The molecular weight excluding hydrogens is 1370 g/mol. The van der Waals surface area contributed by atoms with E-state index in [1.54, 1.807) is 6.92 Å². The Morgan fingerprint density at radius 1 is 0.454 bits per heavy atom. The van der Waals surface area contributed by atoms with Crippen LogP contribution in [0.2, 0.25) is 0 Å². The van der Waals surface area contributed by atoms with Gasteiger partial charge < -0.3 is 23.7 Å². The number of rotatable bonds is 15. The quantitative estimate of drug-likeness (QED) is 0.0851. The smallest absolute Gasteiger partial charge is 0.311 e. The predicted octanol–water partition coefficient (Wildman–Crippen LogP) is 7.99. The minimum absolute atomic E-state index is 0.00438. The van der Waals surface area contributed by atoms with Crippen LogP contribution in [0.15, 0.2) is 0 Å². The van der Waals surface area contributed by atoms with Crippen molar-refractivity contribution in [3.8, 4) is 0 Å². The zero-order chi connectivity index (χ0) is 71.8. The van der Waals surface area contributed by atoms with E-state index in [1.807, 2.05) is 96.9 Å². The molecule has 10 saturated carbocycles.